The Morgan fingerprint density at radius 2 is 1.90 bits per heavy atom. The van der Waals surface area contributed by atoms with Gasteiger partial charge in [0.15, 0.2) is 5.78 Å². The predicted octanol–water partition coefficient (Wildman–Crippen LogP) is 9.54. The van der Waals surface area contributed by atoms with Crippen LogP contribution in [-0.4, -0.2) is 54.4 Å². The van der Waals surface area contributed by atoms with E-state index < -0.39 is 0 Å². The third-order valence-corrected chi connectivity index (χ3v) is 12.4. The molecular formula is C43H59FN2O3. The van der Waals surface area contributed by atoms with Gasteiger partial charge in [-0.1, -0.05) is 50.1 Å². The van der Waals surface area contributed by atoms with Gasteiger partial charge >= 0.3 is 0 Å². The monoisotopic (exact) mass is 670 g/mol. The summed E-state index contributed by atoms with van der Waals surface area (Å²) in [6.45, 7) is 10.0. The minimum absolute atomic E-state index is 0.0644. The topological polar surface area (TPSA) is 62.1 Å². The number of hydrogen-bond acceptors (Lipinski definition) is 5. The van der Waals surface area contributed by atoms with E-state index in [0.29, 0.717) is 24.1 Å². The second-order valence-corrected chi connectivity index (χ2v) is 15.7. The van der Waals surface area contributed by atoms with Crippen molar-refractivity contribution < 1.29 is 19.0 Å². The molecule has 6 aliphatic rings. The molecule has 0 aromatic heterocycles. The predicted molar refractivity (Wildman–Crippen MR) is 198 cm³/mol. The molecule has 0 radical (unpaired) electrons. The Balaban J connectivity index is 1.20. The summed E-state index contributed by atoms with van der Waals surface area (Å²) >= 11 is 0. The molecule has 2 aliphatic heterocycles. The second-order valence-electron chi connectivity index (χ2n) is 15.7. The summed E-state index contributed by atoms with van der Waals surface area (Å²) in [5.41, 5.74) is 6.14. The molecule has 1 saturated heterocycles. The maximum Gasteiger partial charge on any atom is 0.158 e. The van der Waals surface area contributed by atoms with E-state index in [-0.39, 0.29) is 41.9 Å². The molecule has 4 aliphatic carbocycles. The van der Waals surface area contributed by atoms with Crippen molar-refractivity contribution in [3.05, 3.63) is 82.5 Å². The number of nitrogens with zero attached hydrogens (tertiary/aromatic N) is 2. The number of aliphatic hydroxyl groups is 1. The molecule has 0 aromatic rings. The number of aliphatic hydroxyl groups excluding tert-OH is 1. The van der Waals surface area contributed by atoms with Gasteiger partial charge in [-0.05, 0) is 136 Å². The molecular weight excluding hydrogens is 611 g/mol. The maximum absolute atomic E-state index is 16.2. The van der Waals surface area contributed by atoms with Crippen LogP contribution in [-0.2, 0) is 9.53 Å². The number of fused-ring (bicyclic) bond motifs is 3. The van der Waals surface area contributed by atoms with Gasteiger partial charge < -0.3 is 14.7 Å². The van der Waals surface area contributed by atoms with Crippen molar-refractivity contribution in [2.45, 2.75) is 104 Å². The van der Waals surface area contributed by atoms with E-state index in [0.717, 1.165) is 81.0 Å². The lowest BCUT2D eigenvalue weighted by atomic mass is 9.82. The van der Waals surface area contributed by atoms with Crippen molar-refractivity contribution in [1.82, 2.24) is 4.90 Å². The maximum atomic E-state index is 16.2. The highest BCUT2D eigenvalue weighted by molar-refractivity contribution is 6.04. The fraction of sp³-hybridized carbons (Fsp3) is 0.628. The van der Waals surface area contributed by atoms with E-state index in [1.54, 1.807) is 12.2 Å². The zero-order chi connectivity index (χ0) is 34.4. The van der Waals surface area contributed by atoms with Crippen LogP contribution >= 0.6 is 0 Å². The molecule has 2 fully saturated rings. The van der Waals surface area contributed by atoms with E-state index in [1.807, 2.05) is 0 Å². The zero-order valence-electron chi connectivity index (χ0n) is 30.3. The quantitative estimate of drug-likeness (QED) is 0.186. The number of hydrogen-bond donors (Lipinski definition) is 1. The first-order valence-electron chi connectivity index (χ1n) is 19.4. The first-order valence-corrected chi connectivity index (χ1v) is 19.4. The van der Waals surface area contributed by atoms with Gasteiger partial charge in [-0.25, -0.2) is 4.39 Å². The number of rotatable bonds is 10. The minimum Gasteiger partial charge on any atom is -0.394 e. The highest BCUT2D eigenvalue weighted by Crippen LogP contribution is 2.57. The van der Waals surface area contributed by atoms with Gasteiger partial charge in [-0.3, -0.25) is 9.79 Å². The molecule has 1 spiro atoms. The lowest BCUT2D eigenvalue weighted by molar-refractivity contribution is -0.115. The van der Waals surface area contributed by atoms with Crippen molar-refractivity contribution in [3.8, 4) is 0 Å². The third-order valence-electron chi connectivity index (χ3n) is 12.4. The number of likely N-dealkylation sites (tertiary alicyclic amines) is 1. The Morgan fingerprint density at radius 3 is 2.69 bits per heavy atom. The van der Waals surface area contributed by atoms with Gasteiger partial charge in [0.25, 0.3) is 0 Å². The van der Waals surface area contributed by atoms with Crippen molar-refractivity contribution in [3.63, 3.8) is 0 Å². The lowest BCUT2D eigenvalue weighted by Gasteiger charge is -2.31. The van der Waals surface area contributed by atoms with Gasteiger partial charge in [-0.2, -0.15) is 0 Å². The largest absolute Gasteiger partial charge is 0.394 e. The van der Waals surface area contributed by atoms with Crippen molar-refractivity contribution in [2.75, 3.05) is 32.9 Å². The molecule has 6 rings (SSSR count). The second kappa shape index (κ2) is 16.5. The molecule has 6 heteroatoms. The Bertz CT molecular complexity index is 1470. The first-order chi connectivity index (χ1) is 23.8. The fourth-order valence-electron chi connectivity index (χ4n) is 9.18. The van der Waals surface area contributed by atoms with E-state index in [1.165, 1.54) is 49.8 Å². The summed E-state index contributed by atoms with van der Waals surface area (Å²) in [6.07, 6.45) is 30.4. The highest BCUT2D eigenvalue weighted by Gasteiger charge is 2.50. The Labute approximate surface area is 294 Å². The van der Waals surface area contributed by atoms with Crippen LogP contribution in [0.15, 0.2) is 87.5 Å². The minimum atomic E-state index is -0.191. The zero-order valence-corrected chi connectivity index (χ0v) is 30.3. The van der Waals surface area contributed by atoms with E-state index in [2.05, 4.69) is 62.1 Å². The Kier molecular flexibility index (Phi) is 12.1. The number of aliphatic imine (C=N–C) groups is 1. The molecule has 1 saturated carbocycles. The average molecular weight is 671 g/mol. The number of unbranched alkanes of at least 4 members (excludes halogenated alkanes) is 1. The first kappa shape index (κ1) is 36.0. The smallest absolute Gasteiger partial charge is 0.158 e. The molecule has 2 bridgehead atoms. The average Bonchev–Trinajstić information content (AvgIpc) is 3.90. The molecule has 5 unspecified atom stereocenters. The molecule has 5 atom stereocenters. The third kappa shape index (κ3) is 8.73. The molecule has 49 heavy (non-hydrogen) atoms. The molecule has 1 N–H and O–H groups in total. The van der Waals surface area contributed by atoms with Crippen LogP contribution in [0.4, 0.5) is 4.39 Å². The summed E-state index contributed by atoms with van der Waals surface area (Å²) < 4.78 is 21.7. The number of ketones is 1. The van der Waals surface area contributed by atoms with Crippen molar-refractivity contribution in [1.29, 1.82) is 0 Å². The standard InChI is InChI=1S/C43H59FN2O3/c1-4-32-26-39-31(3)33(24-30(32)2)10-7-11-35(27-40(39)44)42-28-38(48)25-34-12-8-15-37(16-17-41(34)45-42)46-20-9-14-36(43(29-46)18-19-43)13-5-6-22-49-23-21-47/h11,15-17,24,26-28,31-34,36,47H,4-10,12-14,18-23,25,29H2,1-3H3/b17-16-,35-11+,37-15+,40-27+. The normalized spacial score (nSPS) is 34.1. The van der Waals surface area contributed by atoms with E-state index >= 15 is 4.39 Å². The van der Waals surface area contributed by atoms with Crippen LogP contribution in [0.3, 0.4) is 0 Å². The Hall–Kier alpha value is -2.83. The summed E-state index contributed by atoms with van der Waals surface area (Å²) in [5, 5.41) is 8.96. The molecule has 0 aromatic carbocycles. The molecule has 266 valence electrons. The van der Waals surface area contributed by atoms with Crippen LogP contribution in [0.25, 0.3) is 0 Å². The summed E-state index contributed by atoms with van der Waals surface area (Å²) in [5.74, 6) is 1.37. The summed E-state index contributed by atoms with van der Waals surface area (Å²) in [4.78, 5) is 21.1. The van der Waals surface area contributed by atoms with Gasteiger partial charge in [0.05, 0.1) is 18.9 Å². The highest BCUT2D eigenvalue weighted by atomic mass is 19.1. The van der Waals surface area contributed by atoms with E-state index in [4.69, 9.17) is 14.8 Å². The van der Waals surface area contributed by atoms with Crippen LogP contribution in [0, 0.1) is 35.0 Å². The van der Waals surface area contributed by atoms with Crippen LogP contribution in [0.5, 0.6) is 0 Å². The van der Waals surface area contributed by atoms with Gasteiger partial charge in [0.1, 0.15) is 5.83 Å². The van der Waals surface area contributed by atoms with Crippen LogP contribution in [0.1, 0.15) is 104 Å². The number of carbonyl (C=O) groups is 1. The SMILES string of the molecule is CCC1C=C2/C(F)=C\C(C3=CC(=O)CC4CC/C=C(N5CCCC(CCCCOCCO)C6(CC6)C5)\C=C/C4=N3)=C/CCC(C=C1C)C2C. The number of halogens is 1. The van der Waals surface area contributed by atoms with Gasteiger partial charge in [0.2, 0.25) is 0 Å². The number of carbonyl (C=O) groups excluding carboxylic acids is 1. The van der Waals surface area contributed by atoms with Crippen LogP contribution in [0.2, 0.25) is 0 Å². The number of allylic oxidation sites excluding steroid dienone is 11. The number of ether oxygens (including phenoxy) is 1. The fourth-order valence-corrected chi connectivity index (χ4v) is 9.18. The van der Waals surface area contributed by atoms with Crippen molar-refractivity contribution >= 4 is 11.5 Å². The summed E-state index contributed by atoms with van der Waals surface area (Å²) in [6, 6.07) is 0. The van der Waals surface area contributed by atoms with Gasteiger partial charge in [0, 0.05) is 49.5 Å². The molecule has 0 amide bonds. The van der Waals surface area contributed by atoms with Crippen molar-refractivity contribution in [2.24, 2.45) is 40.0 Å². The van der Waals surface area contributed by atoms with Crippen LogP contribution < -0.4 is 0 Å². The lowest BCUT2D eigenvalue weighted by Crippen LogP contribution is -2.31. The van der Waals surface area contributed by atoms with Gasteiger partial charge in [-0.15, -0.1) is 0 Å². The van der Waals surface area contributed by atoms with E-state index in [9.17, 15) is 4.79 Å². The molecule has 5 nitrogen and oxygen atoms in total. The summed E-state index contributed by atoms with van der Waals surface area (Å²) in [7, 11) is 0. The Morgan fingerprint density at radius 1 is 1.06 bits per heavy atom. The molecule has 2 heterocycles.